The fraction of sp³-hybridized carbons (Fsp3) is 0.107. The van der Waals surface area contributed by atoms with Crippen LogP contribution in [-0.2, 0) is 24.8 Å². The standard InChI is InChI=1S/C28H26FN3O5S2/c1-20-3-13-25(14-4-20)32(39(36,37)27-15-5-21(2)6-16-27)19-28(33)30-23-11-17-26(18-12-23)38(34,35)31-24-9-7-22(29)8-10-24/h3-18,31H,19H2,1-2H3,(H,30,33). The lowest BCUT2D eigenvalue weighted by atomic mass is 10.2. The Hall–Kier alpha value is -4.22. The van der Waals surface area contributed by atoms with Crippen LogP contribution in [0.1, 0.15) is 11.1 Å². The topological polar surface area (TPSA) is 113 Å². The van der Waals surface area contributed by atoms with Crippen LogP contribution in [0.2, 0.25) is 0 Å². The van der Waals surface area contributed by atoms with Crippen molar-refractivity contribution in [1.29, 1.82) is 0 Å². The van der Waals surface area contributed by atoms with Crippen LogP contribution in [0.3, 0.4) is 0 Å². The number of anilines is 3. The molecule has 8 nitrogen and oxygen atoms in total. The number of aryl methyl sites for hydroxylation is 2. The molecule has 39 heavy (non-hydrogen) atoms. The third kappa shape index (κ3) is 6.81. The summed E-state index contributed by atoms with van der Waals surface area (Å²) in [5, 5.41) is 2.62. The monoisotopic (exact) mass is 567 g/mol. The molecule has 0 aliphatic carbocycles. The number of rotatable bonds is 9. The number of carbonyl (C=O) groups excluding carboxylic acids is 1. The summed E-state index contributed by atoms with van der Waals surface area (Å²) in [6.07, 6.45) is 0. The van der Waals surface area contributed by atoms with Gasteiger partial charge in [-0.2, -0.15) is 0 Å². The van der Waals surface area contributed by atoms with Crippen molar-refractivity contribution in [3.8, 4) is 0 Å². The molecule has 0 unspecified atom stereocenters. The third-order valence-corrected chi connectivity index (χ3v) is 8.95. The van der Waals surface area contributed by atoms with E-state index in [1.807, 2.05) is 13.8 Å². The maximum Gasteiger partial charge on any atom is 0.264 e. The molecule has 0 fully saturated rings. The Morgan fingerprint density at radius 1 is 0.692 bits per heavy atom. The van der Waals surface area contributed by atoms with Gasteiger partial charge in [0.05, 0.1) is 15.5 Å². The lowest BCUT2D eigenvalue weighted by molar-refractivity contribution is -0.114. The molecule has 4 aromatic carbocycles. The van der Waals surface area contributed by atoms with Crippen molar-refractivity contribution in [2.24, 2.45) is 0 Å². The molecule has 0 radical (unpaired) electrons. The average Bonchev–Trinajstić information content (AvgIpc) is 2.90. The second-order valence-electron chi connectivity index (χ2n) is 8.85. The van der Waals surface area contributed by atoms with E-state index < -0.39 is 38.3 Å². The molecule has 4 rings (SSSR count). The first-order chi connectivity index (χ1) is 18.4. The van der Waals surface area contributed by atoms with E-state index in [2.05, 4.69) is 10.0 Å². The van der Waals surface area contributed by atoms with Crippen molar-refractivity contribution in [2.45, 2.75) is 23.6 Å². The zero-order valence-electron chi connectivity index (χ0n) is 21.1. The van der Waals surface area contributed by atoms with Crippen molar-refractivity contribution >= 4 is 43.0 Å². The fourth-order valence-electron chi connectivity index (χ4n) is 3.64. The molecule has 0 saturated heterocycles. The quantitative estimate of drug-likeness (QED) is 0.293. The van der Waals surface area contributed by atoms with E-state index in [9.17, 15) is 26.0 Å². The number of nitrogens with one attached hydrogen (secondary N) is 2. The highest BCUT2D eigenvalue weighted by Gasteiger charge is 2.27. The smallest absolute Gasteiger partial charge is 0.264 e. The van der Waals surface area contributed by atoms with Gasteiger partial charge >= 0.3 is 0 Å². The zero-order valence-corrected chi connectivity index (χ0v) is 22.8. The van der Waals surface area contributed by atoms with E-state index in [0.717, 1.165) is 27.6 Å². The Kier molecular flexibility index (Phi) is 8.03. The highest BCUT2D eigenvalue weighted by molar-refractivity contribution is 7.93. The van der Waals surface area contributed by atoms with Gasteiger partial charge in [0.1, 0.15) is 12.4 Å². The summed E-state index contributed by atoms with van der Waals surface area (Å²) in [5.74, 6) is -1.11. The molecule has 0 bridgehead atoms. The number of hydrogen-bond acceptors (Lipinski definition) is 5. The van der Waals surface area contributed by atoms with E-state index in [4.69, 9.17) is 0 Å². The maximum absolute atomic E-state index is 13.5. The number of amides is 1. The van der Waals surface area contributed by atoms with E-state index in [-0.39, 0.29) is 21.2 Å². The van der Waals surface area contributed by atoms with Crippen molar-refractivity contribution in [3.63, 3.8) is 0 Å². The predicted molar refractivity (Wildman–Crippen MR) is 149 cm³/mol. The Morgan fingerprint density at radius 2 is 1.18 bits per heavy atom. The molecule has 11 heteroatoms. The molecule has 0 saturated carbocycles. The molecule has 0 aliphatic heterocycles. The molecule has 0 aliphatic rings. The summed E-state index contributed by atoms with van der Waals surface area (Å²) in [4.78, 5) is 12.9. The van der Waals surface area contributed by atoms with Gasteiger partial charge in [-0.3, -0.25) is 13.8 Å². The number of benzene rings is 4. The van der Waals surface area contributed by atoms with Gasteiger partial charge in [-0.1, -0.05) is 35.4 Å². The highest BCUT2D eigenvalue weighted by atomic mass is 32.2. The van der Waals surface area contributed by atoms with Crippen molar-refractivity contribution in [2.75, 3.05) is 20.9 Å². The molecular formula is C28H26FN3O5S2. The number of halogens is 1. The molecule has 4 aromatic rings. The second-order valence-corrected chi connectivity index (χ2v) is 12.4. The van der Waals surface area contributed by atoms with Crippen molar-refractivity contribution in [1.82, 2.24) is 0 Å². The first kappa shape index (κ1) is 27.8. The third-order valence-electron chi connectivity index (χ3n) is 5.76. The molecule has 2 N–H and O–H groups in total. The van der Waals surface area contributed by atoms with Gasteiger partial charge in [0.2, 0.25) is 5.91 Å². The van der Waals surface area contributed by atoms with Gasteiger partial charge in [-0.15, -0.1) is 0 Å². The van der Waals surface area contributed by atoms with Crippen LogP contribution in [0.5, 0.6) is 0 Å². The predicted octanol–water partition coefficient (Wildman–Crippen LogP) is 5.08. The second kappa shape index (κ2) is 11.3. The Balaban J connectivity index is 1.52. The van der Waals surface area contributed by atoms with Crippen molar-refractivity contribution in [3.05, 3.63) is 114 Å². The van der Waals surface area contributed by atoms with E-state index in [0.29, 0.717) is 5.69 Å². The van der Waals surface area contributed by atoms with Gasteiger partial charge in [0.15, 0.2) is 0 Å². The number of carbonyl (C=O) groups is 1. The minimum atomic E-state index is -4.07. The number of nitrogens with zero attached hydrogens (tertiary/aromatic N) is 1. The largest absolute Gasteiger partial charge is 0.325 e. The zero-order chi connectivity index (χ0) is 28.2. The Labute approximate surface area is 227 Å². The van der Waals surface area contributed by atoms with Gasteiger partial charge in [-0.05, 0) is 86.6 Å². The van der Waals surface area contributed by atoms with Crippen LogP contribution < -0.4 is 14.3 Å². The summed E-state index contributed by atoms with van der Waals surface area (Å²) < 4.78 is 68.8. The maximum atomic E-state index is 13.5. The Morgan fingerprint density at radius 3 is 1.74 bits per heavy atom. The van der Waals surface area contributed by atoms with E-state index in [1.54, 1.807) is 36.4 Å². The number of hydrogen-bond donors (Lipinski definition) is 2. The summed E-state index contributed by atoms with van der Waals surface area (Å²) in [6.45, 7) is 3.21. The minimum Gasteiger partial charge on any atom is -0.325 e. The van der Waals surface area contributed by atoms with Crippen LogP contribution in [-0.4, -0.2) is 29.3 Å². The van der Waals surface area contributed by atoms with E-state index in [1.165, 1.54) is 48.5 Å². The summed E-state index contributed by atoms with van der Waals surface area (Å²) in [6, 6.07) is 23.3. The molecular weight excluding hydrogens is 541 g/mol. The highest BCUT2D eigenvalue weighted by Crippen LogP contribution is 2.25. The van der Waals surface area contributed by atoms with Crippen LogP contribution in [0, 0.1) is 19.7 Å². The molecule has 0 heterocycles. The first-order valence-corrected chi connectivity index (χ1v) is 14.7. The number of sulfonamides is 2. The van der Waals surface area contributed by atoms with Crippen LogP contribution in [0.15, 0.2) is 107 Å². The lowest BCUT2D eigenvalue weighted by Crippen LogP contribution is -2.38. The summed E-state index contributed by atoms with van der Waals surface area (Å²) in [7, 11) is -8.02. The molecule has 202 valence electrons. The molecule has 0 aromatic heterocycles. The van der Waals surface area contributed by atoms with Crippen LogP contribution in [0.4, 0.5) is 21.5 Å². The molecule has 1 amide bonds. The van der Waals surface area contributed by atoms with Gasteiger partial charge < -0.3 is 5.32 Å². The van der Waals surface area contributed by atoms with Gasteiger partial charge in [0, 0.05) is 11.4 Å². The van der Waals surface area contributed by atoms with E-state index >= 15 is 0 Å². The lowest BCUT2D eigenvalue weighted by Gasteiger charge is -2.24. The molecule has 0 atom stereocenters. The fourth-order valence-corrected chi connectivity index (χ4v) is 6.12. The normalized spacial score (nSPS) is 11.6. The molecule has 0 spiro atoms. The SMILES string of the molecule is Cc1ccc(N(CC(=O)Nc2ccc(S(=O)(=O)Nc3ccc(F)cc3)cc2)S(=O)(=O)c2ccc(C)cc2)cc1. The summed E-state index contributed by atoms with van der Waals surface area (Å²) in [5.41, 5.74) is 2.62. The minimum absolute atomic E-state index is 0.0460. The van der Waals surface area contributed by atoms with Crippen LogP contribution in [0.25, 0.3) is 0 Å². The van der Waals surface area contributed by atoms with Gasteiger partial charge in [-0.25, -0.2) is 21.2 Å². The van der Waals surface area contributed by atoms with Crippen LogP contribution >= 0.6 is 0 Å². The summed E-state index contributed by atoms with van der Waals surface area (Å²) >= 11 is 0. The van der Waals surface area contributed by atoms with Gasteiger partial charge in [0.25, 0.3) is 20.0 Å². The Bertz CT molecular complexity index is 1670. The first-order valence-electron chi connectivity index (χ1n) is 11.8. The van der Waals surface area contributed by atoms with Crippen molar-refractivity contribution < 1.29 is 26.0 Å². The average molecular weight is 568 g/mol.